The Morgan fingerprint density at radius 2 is 1.71 bits per heavy atom. The van der Waals surface area contributed by atoms with E-state index >= 15 is 0 Å². The smallest absolute Gasteiger partial charge is 0.228 e. The number of fused-ring (bicyclic) bond motifs is 4. The van der Waals surface area contributed by atoms with Gasteiger partial charge < -0.3 is 15.1 Å². The molecule has 3 aromatic heterocycles. The highest BCUT2D eigenvalue weighted by Gasteiger charge is 2.34. The van der Waals surface area contributed by atoms with Crippen molar-refractivity contribution in [3.8, 4) is 16.1 Å². The van der Waals surface area contributed by atoms with E-state index in [9.17, 15) is 9.59 Å². The minimum absolute atomic E-state index is 0.0262. The molecule has 1 atom stereocenters. The van der Waals surface area contributed by atoms with E-state index in [4.69, 9.17) is 21.6 Å². The molecule has 0 spiro atoms. The first kappa shape index (κ1) is 30.5. The van der Waals surface area contributed by atoms with Gasteiger partial charge in [-0.2, -0.15) is 0 Å². The lowest BCUT2D eigenvalue weighted by Crippen LogP contribution is -2.49. The monoisotopic (exact) mass is 676 g/mol. The number of nitrogens with one attached hydrogen (secondary N) is 1. The van der Waals surface area contributed by atoms with Crippen LogP contribution in [0, 0.1) is 20.8 Å². The van der Waals surface area contributed by atoms with Gasteiger partial charge in [-0.15, -0.1) is 21.5 Å². The van der Waals surface area contributed by atoms with E-state index in [1.54, 1.807) is 11.3 Å². The Labute approximate surface area is 287 Å². The van der Waals surface area contributed by atoms with Crippen molar-refractivity contribution < 1.29 is 9.59 Å². The average molecular weight is 677 g/mol. The number of thiophene rings is 1. The third-order valence-electron chi connectivity index (χ3n) is 9.49. The van der Waals surface area contributed by atoms with Gasteiger partial charge in [0.15, 0.2) is 5.82 Å². The van der Waals surface area contributed by atoms with Gasteiger partial charge in [-0.3, -0.25) is 19.1 Å². The molecule has 3 aliphatic heterocycles. The summed E-state index contributed by atoms with van der Waals surface area (Å²) < 4.78 is 2.08. The van der Waals surface area contributed by atoms with Gasteiger partial charge in [0.25, 0.3) is 0 Å². The maximum atomic E-state index is 13.9. The summed E-state index contributed by atoms with van der Waals surface area (Å²) in [7, 11) is 0. The Bertz CT molecular complexity index is 2110. The van der Waals surface area contributed by atoms with E-state index in [0.717, 1.165) is 61.4 Å². The first-order valence-electron chi connectivity index (χ1n) is 16.0. The zero-order valence-corrected chi connectivity index (χ0v) is 28.4. The van der Waals surface area contributed by atoms with Crippen LogP contribution in [-0.4, -0.2) is 68.4 Å². The standard InChI is InChI=1S/C36H33ClN8O2S/c1-20-21(2)48-36-33(20)34(23-4-8-27(37)9-5-23)40-29(35-42-41-22(3)45(35)36)18-32(47)44-14-12-43(13-15-44)30-11-7-25(19-38-30)24-6-10-28-26(16-24)17-31(46)39-28/h4-11,16,19,29H,12-15,17-18H2,1-3H3,(H,39,46)/t29-/m0/s1. The van der Waals surface area contributed by atoms with Crippen LogP contribution in [0.3, 0.4) is 0 Å². The molecule has 0 unspecified atom stereocenters. The first-order chi connectivity index (χ1) is 23.2. The fraction of sp³-hybridized carbons (Fsp3) is 0.278. The van der Waals surface area contributed by atoms with Gasteiger partial charge in [0.2, 0.25) is 11.8 Å². The van der Waals surface area contributed by atoms with Gasteiger partial charge in [-0.05, 0) is 73.9 Å². The number of carbonyl (C=O) groups is 2. The molecular weight excluding hydrogens is 644 g/mol. The largest absolute Gasteiger partial charge is 0.353 e. The zero-order valence-electron chi connectivity index (χ0n) is 26.8. The fourth-order valence-corrected chi connectivity index (χ4v) is 8.10. The van der Waals surface area contributed by atoms with Crippen molar-refractivity contribution >= 4 is 52.0 Å². The third-order valence-corrected chi connectivity index (χ3v) is 10.9. The quantitative estimate of drug-likeness (QED) is 0.241. The number of hydrogen-bond donors (Lipinski definition) is 1. The number of aliphatic imine (C=N–C) groups is 1. The van der Waals surface area contributed by atoms with Crippen LogP contribution >= 0.6 is 22.9 Å². The van der Waals surface area contributed by atoms with Crippen molar-refractivity contribution in [1.29, 1.82) is 0 Å². The molecule has 12 heteroatoms. The lowest BCUT2D eigenvalue weighted by molar-refractivity contribution is -0.132. The number of nitrogens with zero attached hydrogens (tertiary/aromatic N) is 7. The Hall–Kier alpha value is -4.87. The van der Waals surface area contributed by atoms with E-state index in [2.05, 4.69) is 51.0 Å². The van der Waals surface area contributed by atoms with Crippen LogP contribution in [0.5, 0.6) is 0 Å². The predicted molar refractivity (Wildman–Crippen MR) is 189 cm³/mol. The molecule has 0 aliphatic carbocycles. The number of aromatic nitrogens is 4. The van der Waals surface area contributed by atoms with Crippen LogP contribution in [-0.2, 0) is 16.0 Å². The number of carbonyl (C=O) groups excluding carboxylic acids is 2. The van der Waals surface area contributed by atoms with Crippen molar-refractivity contribution in [3.05, 3.63) is 105 Å². The van der Waals surface area contributed by atoms with Crippen molar-refractivity contribution in [2.24, 2.45) is 4.99 Å². The number of rotatable bonds is 5. The normalized spacial score (nSPS) is 17.0. The fourth-order valence-electron chi connectivity index (χ4n) is 6.76. The number of anilines is 2. The topological polar surface area (TPSA) is 109 Å². The SMILES string of the molecule is Cc1sc2c(c1C)C(c1ccc(Cl)cc1)=N[C@@H](CC(=O)N1CCN(c3ccc(-c4ccc5c(c4)CC(=O)N5)cn3)CC1)c1nnc(C)n1-2. The lowest BCUT2D eigenvalue weighted by Gasteiger charge is -2.35. The zero-order chi connectivity index (χ0) is 33.1. The molecule has 5 aromatic rings. The van der Waals surface area contributed by atoms with Gasteiger partial charge in [0.1, 0.15) is 22.7 Å². The molecule has 0 radical (unpaired) electrons. The van der Waals surface area contributed by atoms with Crippen molar-refractivity contribution in [2.75, 3.05) is 36.4 Å². The maximum Gasteiger partial charge on any atom is 0.228 e. The number of piperazine rings is 1. The molecule has 10 nitrogen and oxygen atoms in total. The van der Waals surface area contributed by atoms with E-state index in [1.807, 2.05) is 60.5 Å². The van der Waals surface area contributed by atoms with Crippen LogP contribution in [0.4, 0.5) is 11.5 Å². The van der Waals surface area contributed by atoms with Crippen LogP contribution in [0.2, 0.25) is 5.02 Å². The summed E-state index contributed by atoms with van der Waals surface area (Å²) in [5.74, 6) is 2.40. The third kappa shape index (κ3) is 5.36. The average Bonchev–Trinajstić information content (AvgIpc) is 3.73. The molecular formula is C36H33ClN8O2S. The van der Waals surface area contributed by atoms with Gasteiger partial charge in [0.05, 0.1) is 18.6 Å². The molecule has 2 amide bonds. The number of pyridine rings is 1. The molecule has 6 heterocycles. The van der Waals surface area contributed by atoms with E-state index in [1.165, 1.54) is 4.88 Å². The molecule has 8 rings (SSSR count). The highest BCUT2D eigenvalue weighted by Crippen LogP contribution is 2.40. The van der Waals surface area contributed by atoms with Gasteiger partial charge >= 0.3 is 0 Å². The first-order valence-corrected chi connectivity index (χ1v) is 17.2. The minimum atomic E-state index is -0.496. The van der Waals surface area contributed by atoms with Gasteiger partial charge in [0, 0.05) is 64.7 Å². The molecule has 2 aromatic carbocycles. The maximum absolute atomic E-state index is 13.9. The second kappa shape index (κ2) is 12.0. The molecule has 3 aliphatic rings. The van der Waals surface area contributed by atoms with E-state index in [-0.39, 0.29) is 18.2 Å². The Kier molecular flexibility index (Phi) is 7.60. The van der Waals surface area contributed by atoms with Gasteiger partial charge in [-0.25, -0.2) is 4.98 Å². The summed E-state index contributed by atoms with van der Waals surface area (Å²) in [6.45, 7) is 8.73. The van der Waals surface area contributed by atoms with Crippen molar-refractivity contribution in [2.45, 2.75) is 39.7 Å². The second-order valence-electron chi connectivity index (χ2n) is 12.5. The molecule has 48 heavy (non-hydrogen) atoms. The predicted octanol–water partition coefficient (Wildman–Crippen LogP) is 6.10. The summed E-state index contributed by atoms with van der Waals surface area (Å²) in [5, 5.41) is 13.6. The summed E-state index contributed by atoms with van der Waals surface area (Å²) in [4.78, 5) is 41.0. The van der Waals surface area contributed by atoms with Gasteiger partial charge in [-0.1, -0.05) is 29.8 Å². The minimum Gasteiger partial charge on any atom is -0.353 e. The highest BCUT2D eigenvalue weighted by molar-refractivity contribution is 7.15. The van der Waals surface area contributed by atoms with Crippen LogP contribution in [0.25, 0.3) is 16.1 Å². The molecule has 0 saturated carbocycles. The van der Waals surface area contributed by atoms with Crippen molar-refractivity contribution in [3.63, 3.8) is 0 Å². The summed E-state index contributed by atoms with van der Waals surface area (Å²) in [6, 6.07) is 17.3. The van der Waals surface area contributed by atoms with E-state index in [0.29, 0.717) is 43.4 Å². The molecule has 1 fully saturated rings. The Balaban J connectivity index is 0.998. The van der Waals surface area contributed by atoms with Crippen molar-refractivity contribution in [1.82, 2.24) is 24.6 Å². The second-order valence-corrected chi connectivity index (χ2v) is 14.1. The molecule has 1 N–H and O–H groups in total. The van der Waals surface area contributed by atoms with E-state index < -0.39 is 6.04 Å². The molecule has 1 saturated heterocycles. The number of halogens is 1. The molecule has 242 valence electrons. The number of amides is 2. The van der Waals surface area contributed by atoms with Crippen LogP contribution in [0.1, 0.15) is 51.2 Å². The highest BCUT2D eigenvalue weighted by atomic mass is 35.5. The number of aryl methyl sites for hydroxylation is 2. The molecule has 0 bridgehead atoms. The summed E-state index contributed by atoms with van der Waals surface area (Å²) in [5.41, 5.74) is 7.93. The summed E-state index contributed by atoms with van der Waals surface area (Å²) >= 11 is 7.95. The van der Waals surface area contributed by atoms with Crippen LogP contribution in [0.15, 0.2) is 65.8 Å². The summed E-state index contributed by atoms with van der Waals surface area (Å²) in [6.07, 6.45) is 2.47. The Morgan fingerprint density at radius 1 is 0.958 bits per heavy atom. The number of hydrogen-bond acceptors (Lipinski definition) is 8. The van der Waals surface area contributed by atoms with Crippen LogP contribution < -0.4 is 10.2 Å². The lowest BCUT2D eigenvalue weighted by atomic mass is 9.99. The Morgan fingerprint density at radius 3 is 2.46 bits per heavy atom. The number of benzene rings is 2.